The van der Waals surface area contributed by atoms with Crippen LogP contribution in [0.15, 0.2) is 11.2 Å². The summed E-state index contributed by atoms with van der Waals surface area (Å²) in [7, 11) is 0. The zero-order valence-electron chi connectivity index (χ0n) is 13.0. The van der Waals surface area contributed by atoms with Gasteiger partial charge in [-0.2, -0.15) is 0 Å². The highest BCUT2D eigenvalue weighted by Gasteiger charge is 2.18. The molecule has 2 rings (SSSR count). The van der Waals surface area contributed by atoms with Crippen molar-refractivity contribution in [3.8, 4) is 0 Å². The van der Waals surface area contributed by atoms with Gasteiger partial charge in [0.25, 0.3) is 0 Å². The fraction of sp³-hybridized carbons (Fsp3) is 0.500. The maximum absolute atomic E-state index is 12.4. The number of Topliss-reactive ketones (excluding diaryl/α,β-unsaturated/α-hetero) is 1. The minimum Gasteiger partial charge on any atom is -0.346 e. The number of carbonyl (C=O) groups excluding carboxylic acids is 1. The summed E-state index contributed by atoms with van der Waals surface area (Å²) in [5, 5.41) is 8.38. The van der Waals surface area contributed by atoms with Crippen LogP contribution in [-0.2, 0) is 0 Å². The number of carbonyl (C=O) groups is 1. The van der Waals surface area contributed by atoms with Crippen molar-refractivity contribution in [2.24, 2.45) is 0 Å². The van der Waals surface area contributed by atoms with Gasteiger partial charge in [-0.15, -0.1) is 10.2 Å². The second kappa shape index (κ2) is 5.93. The summed E-state index contributed by atoms with van der Waals surface area (Å²) in [6.45, 7) is 10.0. The normalized spacial score (nSPS) is 11.3. The van der Waals surface area contributed by atoms with E-state index in [2.05, 4.69) is 28.6 Å². The molecule has 2 aromatic heterocycles. The number of aryl methyl sites for hydroxylation is 2. The smallest absolute Gasteiger partial charge is 0.210 e. The van der Waals surface area contributed by atoms with Crippen LogP contribution in [-0.4, -0.2) is 31.0 Å². The Hall–Kier alpha value is -1.76. The Labute approximate surface area is 128 Å². The minimum atomic E-state index is 0.0839. The maximum atomic E-state index is 12.4. The summed E-state index contributed by atoms with van der Waals surface area (Å²) < 4.78 is 3.57. The van der Waals surface area contributed by atoms with Crippen LogP contribution in [0.4, 0.5) is 0 Å². The monoisotopic (exact) mass is 307 g/mol. The molecule has 0 aliphatic heterocycles. The predicted molar refractivity (Wildman–Crippen MR) is 84.3 cm³/mol. The molecule has 0 saturated heterocycles. The van der Waals surface area contributed by atoms with Gasteiger partial charge in [0, 0.05) is 23.0 Å². The second-order valence-corrected chi connectivity index (χ2v) is 6.30. The lowest BCUT2D eigenvalue weighted by atomic mass is 10.2. The summed E-state index contributed by atoms with van der Waals surface area (Å²) >= 11 is 1.31. The first-order chi connectivity index (χ1) is 9.82. The van der Waals surface area contributed by atoms with Crippen molar-refractivity contribution >= 4 is 17.5 Å². The predicted octanol–water partition coefficient (Wildman–Crippen LogP) is 2.27. The van der Waals surface area contributed by atoms with E-state index in [9.17, 15) is 4.79 Å². The number of hydrogen-bond donors (Lipinski definition) is 1. The Kier molecular flexibility index (Phi) is 4.41. The fourth-order valence-electron chi connectivity index (χ4n) is 2.51. The van der Waals surface area contributed by atoms with Crippen LogP contribution < -0.4 is 5.84 Å². The van der Waals surface area contributed by atoms with Gasteiger partial charge in [0.2, 0.25) is 5.16 Å². The average Bonchev–Trinajstić information content (AvgIpc) is 2.88. The van der Waals surface area contributed by atoms with Crippen molar-refractivity contribution < 1.29 is 4.79 Å². The van der Waals surface area contributed by atoms with E-state index in [1.165, 1.54) is 16.4 Å². The molecule has 0 radical (unpaired) electrons. The molecule has 7 heteroatoms. The Morgan fingerprint density at radius 3 is 2.48 bits per heavy atom. The van der Waals surface area contributed by atoms with Crippen molar-refractivity contribution in [3.63, 3.8) is 0 Å². The van der Waals surface area contributed by atoms with Gasteiger partial charge in [-0.25, -0.2) is 4.68 Å². The highest BCUT2D eigenvalue weighted by molar-refractivity contribution is 7.99. The summed E-state index contributed by atoms with van der Waals surface area (Å²) in [6, 6.07) is 2.30. The van der Waals surface area contributed by atoms with E-state index in [1.807, 2.05) is 19.9 Å². The highest BCUT2D eigenvalue weighted by atomic mass is 32.2. The quantitative estimate of drug-likeness (QED) is 0.521. The summed E-state index contributed by atoms with van der Waals surface area (Å²) in [6.07, 6.45) is 0. The molecule has 2 N–H and O–H groups in total. The van der Waals surface area contributed by atoms with E-state index in [4.69, 9.17) is 5.84 Å². The molecule has 0 unspecified atom stereocenters. The lowest BCUT2D eigenvalue weighted by molar-refractivity contribution is 0.102. The van der Waals surface area contributed by atoms with Crippen LogP contribution in [0.2, 0.25) is 0 Å². The minimum absolute atomic E-state index is 0.0839. The number of thioether (sulfide) groups is 1. The van der Waals surface area contributed by atoms with Gasteiger partial charge in [0.1, 0.15) is 5.82 Å². The SMILES string of the molecule is Cc1nnc(SCC(=O)c2cc(C)n(C(C)C)c2C)n1N. The third kappa shape index (κ3) is 2.97. The number of aromatic nitrogens is 4. The Balaban J connectivity index is 2.14. The molecule has 6 nitrogen and oxygen atoms in total. The molecule has 0 atom stereocenters. The lowest BCUT2D eigenvalue weighted by Gasteiger charge is -2.13. The molecule has 0 spiro atoms. The topological polar surface area (TPSA) is 78.7 Å². The van der Waals surface area contributed by atoms with Gasteiger partial charge in [-0.1, -0.05) is 11.8 Å². The Morgan fingerprint density at radius 1 is 1.33 bits per heavy atom. The van der Waals surface area contributed by atoms with Gasteiger partial charge >= 0.3 is 0 Å². The van der Waals surface area contributed by atoms with E-state index in [0.29, 0.717) is 22.8 Å². The number of nitrogen functional groups attached to an aromatic ring is 1. The van der Waals surface area contributed by atoms with Crippen molar-refractivity contribution in [1.29, 1.82) is 0 Å². The zero-order valence-corrected chi connectivity index (χ0v) is 13.9. The van der Waals surface area contributed by atoms with Gasteiger partial charge in [-0.05, 0) is 40.7 Å². The van der Waals surface area contributed by atoms with Crippen molar-refractivity contribution in [1.82, 2.24) is 19.4 Å². The fourth-order valence-corrected chi connectivity index (χ4v) is 3.30. The molecule has 21 heavy (non-hydrogen) atoms. The second-order valence-electron chi connectivity index (χ2n) is 5.36. The van der Waals surface area contributed by atoms with Crippen molar-refractivity contribution in [2.45, 2.75) is 45.8 Å². The van der Waals surface area contributed by atoms with Gasteiger partial charge in [0.05, 0.1) is 5.75 Å². The number of rotatable bonds is 5. The van der Waals surface area contributed by atoms with Gasteiger partial charge in [-0.3, -0.25) is 4.79 Å². The molecule has 0 bridgehead atoms. The number of nitrogens with two attached hydrogens (primary N) is 1. The lowest BCUT2D eigenvalue weighted by Crippen LogP contribution is -2.13. The first kappa shape index (κ1) is 15.6. The molecule has 114 valence electrons. The third-order valence-electron chi connectivity index (χ3n) is 3.47. The number of nitrogens with zero attached hydrogens (tertiary/aromatic N) is 4. The van der Waals surface area contributed by atoms with Crippen molar-refractivity contribution in [2.75, 3.05) is 11.6 Å². The summed E-state index contributed by atoms with van der Waals surface area (Å²) in [4.78, 5) is 12.4. The first-order valence-corrected chi connectivity index (χ1v) is 7.83. The number of ketones is 1. The van der Waals surface area contributed by atoms with Gasteiger partial charge in [0.15, 0.2) is 5.78 Å². The molecule has 0 amide bonds. The van der Waals surface area contributed by atoms with Crippen LogP contribution in [0.25, 0.3) is 0 Å². The molecule has 0 aliphatic rings. The molecule has 0 aromatic carbocycles. The van der Waals surface area contributed by atoms with E-state index in [-0.39, 0.29) is 5.78 Å². The first-order valence-electron chi connectivity index (χ1n) is 6.84. The van der Waals surface area contributed by atoms with E-state index >= 15 is 0 Å². The molecular formula is C14H21N5OS. The van der Waals surface area contributed by atoms with E-state index in [1.54, 1.807) is 6.92 Å². The molecular weight excluding hydrogens is 286 g/mol. The standard InChI is InChI=1S/C14H21N5OS/c1-8(2)18-9(3)6-12(10(18)4)13(20)7-21-14-17-16-11(5)19(14)15/h6,8H,7,15H2,1-5H3. The molecule has 2 heterocycles. The summed E-state index contributed by atoms with van der Waals surface area (Å²) in [5.41, 5.74) is 2.89. The van der Waals surface area contributed by atoms with E-state index < -0.39 is 0 Å². The molecule has 0 aliphatic carbocycles. The zero-order chi connectivity index (χ0) is 15.7. The van der Waals surface area contributed by atoms with Crippen LogP contribution in [0.3, 0.4) is 0 Å². The Morgan fingerprint density at radius 2 is 2.00 bits per heavy atom. The molecule has 0 saturated carbocycles. The molecule has 0 fully saturated rings. The largest absolute Gasteiger partial charge is 0.346 e. The maximum Gasteiger partial charge on any atom is 0.210 e. The van der Waals surface area contributed by atoms with Crippen LogP contribution in [0, 0.1) is 20.8 Å². The van der Waals surface area contributed by atoms with Crippen LogP contribution in [0.5, 0.6) is 0 Å². The highest BCUT2D eigenvalue weighted by Crippen LogP contribution is 2.23. The van der Waals surface area contributed by atoms with E-state index in [0.717, 1.165) is 17.0 Å². The van der Waals surface area contributed by atoms with Gasteiger partial charge < -0.3 is 10.4 Å². The summed E-state index contributed by atoms with van der Waals surface area (Å²) in [5.74, 6) is 6.80. The van der Waals surface area contributed by atoms with Crippen LogP contribution >= 0.6 is 11.8 Å². The molecule has 2 aromatic rings. The third-order valence-corrected chi connectivity index (χ3v) is 4.41. The number of hydrogen-bond acceptors (Lipinski definition) is 5. The Bertz CT molecular complexity index is 671. The average molecular weight is 307 g/mol. The van der Waals surface area contributed by atoms with Crippen molar-refractivity contribution in [3.05, 3.63) is 28.8 Å². The van der Waals surface area contributed by atoms with Crippen LogP contribution in [0.1, 0.15) is 47.5 Å².